The number of rotatable bonds is 2. The molecule has 1 N–H and O–H groups in total. The van der Waals surface area contributed by atoms with Crippen LogP contribution in [0.3, 0.4) is 0 Å². The first-order chi connectivity index (χ1) is 9.75. The van der Waals surface area contributed by atoms with Gasteiger partial charge in [0.05, 0.1) is 5.69 Å². The largest absolute Gasteiger partial charge is 0.318 e. The van der Waals surface area contributed by atoms with Gasteiger partial charge < -0.3 is 5.32 Å². The zero-order valence-corrected chi connectivity index (χ0v) is 10.5. The minimum atomic E-state index is -0.471. The number of hydrogen-bond donors (Lipinski definition) is 1. The summed E-state index contributed by atoms with van der Waals surface area (Å²) >= 11 is 0. The van der Waals surface area contributed by atoms with Crippen LogP contribution >= 0.6 is 0 Å². The van der Waals surface area contributed by atoms with Crippen LogP contribution in [0.25, 0.3) is 10.8 Å². The highest BCUT2D eigenvalue weighted by molar-refractivity contribution is 6.11. The highest BCUT2D eigenvalue weighted by atomic mass is 19.1. The minimum Gasteiger partial charge on any atom is -0.318 e. The van der Waals surface area contributed by atoms with Crippen molar-refractivity contribution >= 4 is 22.4 Å². The maximum atomic E-state index is 13.5. The molecule has 0 atom stereocenters. The van der Waals surface area contributed by atoms with Crippen molar-refractivity contribution in [1.29, 1.82) is 0 Å². The molecule has 1 amide bonds. The summed E-state index contributed by atoms with van der Waals surface area (Å²) in [6, 6.07) is 15.3. The average molecular weight is 266 g/mol. The molecule has 1 heterocycles. The number of carbonyl (C=O) groups is 1. The summed E-state index contributed by atoms with van der Waals surface area (Å²) in [5, 5.41) is 4.20. The van der Waals surface area contributed by atoms with Crippen molar-refractivity contribution < 1.29 is 9.18 Å². The molecule has 4 heteroatoms. The second-order valence-electron chi connectivity index (χ2n) is 4.31. The quantitative estimate of drug-likeness (QED) is 0.769. The van der Waals surface area contributed by atoms with Crippen molar-refractivity contribution in [2.24, 2.45) is 0 Å². The van der Waals surface area contributed by atoms with Crippen LogP contribution in [0.1, 0.15) is 10.5 Å². The van der Waals surface area contributed by atoms with Gasteiger partial charge >= 0.3 is 0 Å². The van der Waals surface area contributed by atoms with Gasteiger partial charge in [-0.2, -0.15) is 0 Å². The number of hydrogen-bond acceptors (Lipinski definition) is 2. The van der Waals surface area contributed by atoms with E-state index in [0.29, 0.717) is 0 Å². The molecule has 0 aliphatic rings. The van der Waals surface area contributed by atoms with Crippen LogP contribution in [0.5, 0.6) is 0 Å². The van der Waals surface area contributed by atoms with Crippen LogP contribution in [-0.2, 0) is 0 Å². The van der Waals surface area contributed by atoms with E-state index < -0.39 is 11.7 Å². The Morgan fingerprint density at radius 2 is 1.75 bits per heavy atom. The molecule has 98 valence electrons. The molecule has 3 rings (SSSR count). The Hall–Kier alpha value is -2.75. The number of halogens is 1. The van der Waals surface area contributed by atoms with E-state index in [1.54, 1.807) is 18.3 Å². The second-order valence-corrected chi connectivity index (χ2v) is 4.31. The Morgan fingerprint density at radius 1 is 1.00 bits per heavy atom. The first-order valence-corrected chi connectivity index (χ1v) is 6.15. The molecule has 2 aromatic carbocycles. The number of nitrogens with one attached hydrogen (secondary N) is 1. The standard InChI is InChI=1S/C16H11FN2O/c17-13-7-3-4-8-14(13)19-16(20)15-12-6-2-1-5-11(12)9-10-18-15/h1-10H,(H,19,20). The topological polar surface area (TPSA) is 42.0 Å². The molecule has 0 bridgehead atoms. The van der Waals surface area contributed by atoms with Gasteiger partial charge in [0.25, 0.3) is 5.91 Å². The molecule has 0 aliphatic carbocycles. The van der Waals surface area contributed by atoms with Crippen molar-refractivity contribution in [1.82, 2.24) is 4.98 Å². The summed E-state index contributed by atoms with van der Waals surface area (Å²) in [6.45, 7) is 0. The number of carbonyl (C=O) groups excluding carboxylic acids is 1. The lowest BCUT2D eigenvalue weighted by Crippen LogP contribution is -2.15. The average Bonchev–Trinajstić information content (AvgIpc) is 2.49. The van der Waals surface area contributed by atoms with E-state index in [4.69, 9.17) is 0 Å². The molecule has 0 radical (unpaired) electrons. The van der Waals surface area contributed by atoms with Crippen molar-refractivity contribution in [2.75, 3.05) is 5.32 Å². The molecule has 0 aliphatic heterocycles. The third-order valence-electron chi connectivity index (χ3n) is 3.01. The Labute approximate surface area is 115 Å². The van der Waals surface area contributed by atoms with E-state index >= 15 is 0 Å². The van der Waals surface area contributed by atoms with Gasteiger partial charge in [-0.05, 0) is 23.6 Å². The SMILES string of the molecule is O=C(Nc1ccccc1F)c1nccc2ccccc12. The summed E-state index contributed by atoms with van der Waals surface area (Å²) in [5.41, 5.74) is 0.429. The van der Waals surface area contributed by atoms with Crippen LogP contribution in [-0.4, -0.2) is 10.9 Å². The summed E-state index contributed by atoms with van der Waals surface area (Å²) in [5.74, 6) is -0.895. The van der Waals surface area contributed by atoms with Crippen molar-refractivity contribution in [3.63, 3.8) is 0 Å². The van der Waals surface area contributed by atoms with E-state index in [-0.39, 0.29) is 11.4 Å². The van der Waals surface area contributed by atoms with E-state index in [9.17, 15) is 9.18 Å². The highest BCUT2D eigenvalue weighted by Crippen LogP contribution is 2.19. The summed E-state index contributed by atoms with van der Waals surface area (Å²) in [6.07, 6.45) is 1.57. The fourth-order valence-electron chi connectivity index (χ4n) is 2.04. The Kier molecular flexibility index (Phi) is 3.13. The Balaban J connectivity index is 1.99. The molecule has 1 aromatic heterocycles. The summed E-state index contributed by atoms with van der Waals surface area (Å²) < 4.78 is 13.5. The minimum absolute atomic E-state index is 0.146. The van der Waals surface area contributed by atoms with Crippen LogP contribution in [0.4, 0.5) is 10.1 Å². The van der Waals surface area contributed by atoms with Gasteiger partial charge in [-0.15, -0.1) is 0 Å². The number of para-hydroxylation sites is 1. The van der Waals surface area contributed by atoms with Gasteiger partial charge in [0.15, 0.2) is 0 Å². The van der Waals surface area contributed by atoms with E-state index in [1.165, 1.54) is 12.1 Å². The monoisotopic (exact) mass is 266 g/mol. The Bertz CT molecular complexity index is 781. The lowest BCUT2D eigenvalue weighted by atomic mass is 10.1. The number of amides is 1. The van der Waals surface area contributed by atoms with Crippen molar-refractivity contribution in [3.8, 4) is 0 Å². The summed E-state index contributed by atoms with van der Waals surface area (Å²) in [7, 11) is 0. The number of anilines is 1. The van der Waals surface area contributed by atoms with Gasteiger partial charge in [0.2, 0.25) is 0 Å². The molecule has 3 aromatic rings. The molecule has 3 nitrogen and oxygen atoms in total. The number of aromatic nitrogens is 1. The normalized spacial score (nSPS) is 10.4. The van der Waals surface area contributed by atoms with Gasteiger partial charge in [-0.1, -0.05) is 36.4 Å². The molecule has 0 saturated heterocycles. The van der Waals surface area contributed by atoms with E-state index in [1.807, 2.05) is 30.3 Å². The van der Waals surface area contributed by atoms with Gasteiger partial charge in [-0.3, -0.25) is 9.78 Å². The molecule has 0 saturated carbocycles. The predicted octanol–water partition coefficient (Wildman–Crippen LogP) is 3.63. The molecule has 0 fully saturated rings. The molecule has 0 unspecified atom stereocenters. The van der Waals surface area contributed by atoms with Gasteiger partial charge in [0.1, 0.15) is 11.5 Å². The number of benzene rings is 2. The molecular weight excluding hydrogens is 255 g/mol. The number of fused-ring (bicyclic) bond motifs is 1. The zero-order chi connectivity index (χ0) is 13.9. The fourth-order valence-corrected chi connectivity index (χ4v) is 2.04. The first-order valence-electron chi connectivity index (χ1n) is 6.15. The first kappa shape index (κ1) is 12.3. The second kappa shape index (κ2) is 5.09. The Morgan fingerprint density at radius 3 is 2.60 bits per heavy atom. The number of nitrogens with zero attached hydrogens (tertiary/aromatic N) is 1. The van der Waals surface area contributed by atoms with Gasteiger partial charge in [0, 0.05) is 11.6 Å². The highest BCUT2D eigenvalue weighted by Gasteiger charge is 2.13. The molecule has 0 spiro atoms. The van der Waals surface area contributed by atoms with Crippen molar-refractivity contribution in [2.45, 2.75) is 0 Å². The smallest absolute Gasteiger partial charge is 0.274 e. The predicted molar refractivity (Wildman–Crippen MR) is 76.1 cm³/mol. The lowest BCUT2D eigenvalue weighted by molar-refractivity contribution is 0.102. The zero-order valence-electron chi connectivity index (χ0n) is 10.5. The van der Waals surface area contributed by atoms with Crippen LogP contribution < -0.4 is 5.32 Å². The number of pyridine rings is 1. The van der Waals surface area contributed by atoms with Crippen LogP contribution in [0.15, 0.2) is 60.8 Å². The summed E-state index contributed by atoms with van der Waals surface area (Å²) in [4.78, 5) is 16.3. The lowest BCUT2D eigenvalue weighted by Gasteiger charge is -2.07. The third kappa shape index (κ3) is 2.23. The van der Waals surface area contributed by atoms with Crippen molar-refractivity contribution in [3.05, 3.63) is 72.3 Å². The maximum absolute atomic E-state index is 13.5. The molecule has 20 heavy (non-hydrogen) atoms. The van der Waals surface area contributed by atoms with Gasteiger partial charge in [-0.25, -0.2) is 4.39 Å². The molecular formula is C16H11FN2O. The van der Waals surface area contributed by atoms with E-state index in [0.717, 1.165) is 10.8 Å². The third-order valence-corrected chi connectivity index (χ3v) is 3.01. The maximum Gasteiger partial charge on any atom is 0.274 e. The van der Waals surface area contributed by atoms with Crippen LogP contribution in [0, 0.1) is 5.82 Å². The van der Waals surface area contributed by atoms with Crippen LogP contribution in [0.2, 0.25) is 0 Å². The fraction of sp³-hybridized carbons (Fsp3) is 0. The van der Waals surface area contributed by atoms with E-state index in [2.05, 4.69) is 10.3 Å².